The minimum atomic E-state index is 1.17. The fraction of sp³-hybridized carbons (Fsp3) is 0.875. The van der Waals surface area contributed by atoms with Crippen molar-refractivity contribution in [3.8, 4) is 0 Å². The Morgan fingerprint density at radius 2 is 1.12 bits per heavy atom. The number of aromatic nitrogens is 2. The van der Waals surface area contributed by atoms with E-state index in [4.69, 9.17) is 0 Å². The number of hydrogen-bond acceptors (Lipinski definition) is 1. The largest absolute Gasteiger partial charge is 0.332 e. The van der Waals surface area contributed by atoms with Crippen LogP contribution in [0.15, 0.2) is 6.20 Å². The van der Waals surface area contributed by atoms with Gasteiger partial charge in [0, 0.05) is 18.4 Å². The molecule has 2 heteroatoms. The summed E-state index contributed by atoms with van der Waals surface area (Å²) in [6.45, 7) is 7.88. The zero-order valence-corrected chi connectivity index (χ0v) is 18.2. The second-order valence-corrected chi connectivity index (χ2v) is 8.15. The lowest BCUT2D eigenvalue weighted by molar-refractivity contribution is 0.516. The molecule has 0 bridgehead atoms. The normalized spacial score (nSPS) is 11.3. The van der Waals surface area contributed by atoms with E-state index >= 15 is 0 Å². The highest BCUT2D eigenvalue weighted by atomic mass is 15.1. The summed E-state index contributed by atoms with van der Waals surface area (Å²) in [7, 11) is 0. The van der Waals surface area contributed by atoms with Crippen molar-refractivity contribution in [1.82, 2.24) is 9.55 Å². The molecule has 0 aromatic carbocycles. The van der Waals surface area contributed by atoms with E-state index in [0.717, 1.165) is 0 Å². The van der Waals surface area contributed by atoms with E-state index in [1.54, 1.807) is 0 Å². The molecular formula is C24H46N2. The topological polar surface area (TPSA) is 17.8 Å². The maximum Gasteiger partial charge on any atom is 0.105 e. The van der Waals surface area contributed by atoms with E-state index in [0.29, 0.717) is 0 Å². The second-order valence-electron chi connectivity index (χ2n) is 8.15. The van der Waals surface area contributed by atoms with E-state index < -0.39 is 0 Å². The van der Waals surface area contributed by atoms with Gasteiger partial charge in [0.25, 0.3) is 0 Å². The average Bonchev–Trinajstić information content (AvgIpc) is 3.00. The molecule has 0 amide bonds. The predicted octanol–water partition coefficient (Wildman–Crippen LogP) is 8.02. The van der Waals surface area contributed by atoms with Crippen LogP contribution >= 0.6 is 0 Å². The first-order valence-corrected chi connectivity index (χ1v) is 11.8. The summed E-state index contributed by atoms with van der Waals surface area (Å²) in [5.41, 5.74) is 1.44. The van der Waals surface area contributed by atoms with Crippen molar-refractivity contribution in [2.45, 2.75) is 136 Å². The van der Waals surface area contributed by atoms with Gasteiger partial charge in [-0.3, -0.25) is 0 Å². The maximum absolute atomic E-state index is 4.52. The zero-order chi connectivity index (χ0) is 18.9. The Bertz CT molecular complexity index is 422. The first-order chi connectivity index (χ1) is 12.8. The third-order valence-corrected chi connectivity index (χ3v) is 5.66. The molecule has 0 aliphatic rings. The molecule has 0 saturated heterocycles. The van der Waals surface area contributed by atoms with Crippen molar-refractivity contribution in [3.05, 3.63) is 17.7 Å². The van der Waals surface area contributed by atoms with Gasteiger partial charge in [-0.2, -0.15) is 0 Å². The highest BCUT2D eigenvalue weighted by Gasteiger charge is 2.05. The van der Waals surface area contributed by atoms with Crippen molar-refractivity contribution in [1.29, 1.82) is 0 Å². The summed E-state index contributed by atoms with van der Waals surface area (Å²) in [5.74, 6) is 1.20. The molecule has 152 valence electrons. The number of imidazole rings is 1. The van der Waals surface area contributed by atoms with Gasteiger partial charge in [0.2, 0.25) is 0 Å². The first kappa shape index (κ1) is 23.2. The van der Waals surface area contributed by atoms with E-state index in [1.165, 1.54) is 127 Å². The van der Waals surface area contributed by atoms with Crippen LogP contribution in [0.25, 0.3) is 0 Å². The third-order valence-electron chi connectivity index (χ3n) is 5.66. The fourth-order valence-corrected chi connectivity index (χ4v) is 3.84. The van der Waals surface area contributed by atoms with Crippen LogP contribution in [0.5, 0.6) is 0 Å². The SMILES string of the molecule is CCCCCCCCCCCCCCCCn1c(CCCC)cnc1C. The van der Waals surface area contributed by atoms with Crippen LogP contribution in [0.2, 0.25) is 0 Å². The summed E-state index contributed by atoms with van der Waals surface area (Å²) in [6, 6.07) is 0. The van der Waals surface area contributed by atoms with Crippen molar-refractivity contribution in [2.24, 2.45) is 0 Å². The Kier molecular flexibility index (Phi) is 14.7. The zero-order valence-electron chi connectivity index (χ0n) is 18.2. The smallest absolute Gasteiger partial charge is 0.105 e. The van der Waals surface area contributed by atoms with Gasteiger partial charge in [0.1, 0.15) is 5.82 Å². The number of rotatable bonds is 18. The monoisotopic (exact) mass is 362 g/mol. The van der Waals surface area contributed by atoms with Crippen molar-refractivity contribution in [3.63, 3.8) is 0 Å². The molecule has 1 aromatic heterocycles. The summed E-state index contributed by atoms with van der Waals surface area (Å²) in [4.78, 5) is 4.52. The molecule has 0 saturated carbocycles. The molecule has 0 aliphatic heterocycles. The van der Waals surface area contributed by atoms with Gasteiger partial charge >= 0.3 is 0 Å². The standard InChI is InChI=1S/C24H46N2/c1-4-6-8-9-10-11-12-13-14-15-16-17-18-19-21-26-23(3)25-22-24(26)20-7-5-2/h22H,4-21H2,1-3H3. The number of aryl methyl sites for hydroxylation is 2. The quantitative estimate of drug-likeness (QED) is 0.242. The summed E-state index contributed by atoms with van der Waals surface area (Å²) < 4.78 is 2.45. The van der Waals surface area contributed by atoms with Gasteiger partial charge in [-0.05, 0) is 26.2 Å². The highest BCUT2D eigenvalue weighted by molar-refractivity contribution is 5.04. The van der Waals surface area contributed by atoms with Crippen LogP contribution < -0.4 is 0 Å². The molecule has 0 unspecified atom stereocenters. The van der Waals surface area contributed by atoms with Crippen LogP contribution in [-0.4, -0.2) is 9.55 Å². The summed E-state index contributed by atoms with van der Waals surface area (Å²) in [5, 5.41) is 0. The molecule has 0 atom stereocenters. The van der Waals surface area contributed by atoms with Crippen LogP contribution in [0.1, 0.15) is 128 Å². The number of unbranched alkanes of at least 4 members (excludes halogenated alkanes) is 14. The van der Waals surface area contributed by atoms with Gasteiger partial charge in [-0.25, -0.2) is 4.98 Å². The number of hydrogen-bond donors (Lipinski definition) is 0. The molecule has 0 radical (unpaired) electrons. The minimum absolute atomic E-state index is 1.17. The number of nitrogens with zero attached hydrogens (tertiary/aromatic N) is 2. The maximum atomic E-state index is 4.52. The molecule has 0 aliphatic carbocycles. The van der Waals surface area contributed by atoms with Crippen LogP contribution in [0.4, 0.5) is 0 Å². The average molecular weight is 363 g/mol. The van der Waals surface area contributed by atoms with E-state index in [1.807, 2.05) is 0 Å². The van der Waals surface area contributed by atoms with Gasteiger partial charge in [0.15, 0.2) is 0 Å². The lowest BCUT2D eigenvalue weighted by Crippen LogP contribution is -2.05. The van der Waals surface area contributed by atoms with Gasteiger partial charge in [-0.1, -0.05) is 104 Å². The predicted molar refractivity (Wildman–Crippen MR) is 116 cm³/mol. The third kappa shape index (κ3) is 11.0. The van der Waals surface area contributed by atoms with Gasteiger partial charge in [-0.15, -0.1) is 0 Å². The molecule has 1 aromatic rings. The molecule has 0 spiro atoms. The van der Waals surface area contributed by atoms with Crippen molar-refractivity contribution in [2.75, 3.05) is 0 Å². The molecule has 1 rings (SSSR count). The fourth-order valence-electron chi connectivity index (χ4n) is 3.84. The molecule has 1 heterocycles. The van der Waals surface area contributed by atoms with Crippen LogP contribution in [0, 0.1) is 6.92 Å². The van der Waals surface area contributed by atoms with Crippen molar-refractivity contribution >= 4 is 0 Å². The van der Waals surface area contributed by atoms with E-state index in [-0.39, 0.29) is 0 Å². The Labute approximate surface area is 164 Å². The Morgan fingerprint density at radius 3 is 1.62 bits per heavy atom. The Hall–Kier alpha value is -0.790. The van der Waals surface area contributed by atoms with Crippen LogP contribution in [0.3, 0.4) is 0 Å². The van der Waals surface area contributed by atoms with E-state index in [2.05, 4.69) is 36.5 Å². The molecule has 0 fully saturated rings. The van der Waals surface area contributed by atoms with Gasteiger partial charge in [0.05, 0.1) is 0 Å². The van der Waals surface area contributed by atoms with Gasteiger partial charge < -0.3 is 4.57 Å². The molecule has 26 heavy (non-hydrogen) atoms. The Morgan fingerprint density at radius 1 is 0.654 bits per heavy atom. The first-order valence-electron chi connectivity index (χ1n) is 11.8. The lowest BCUT2D eigenvalue weighted by Gasteiger charge is -2.10. The second kappa shape index (κ2) is 16.4. The van der Waals surface area contributed by atoms with Crippen molar-refractivity contribution < 1.29 is 0 Å². The van der Waals surface area contributed by atoms with Crippen LogP contribution in [-0.2, 0) is 13.0 Å². The lowest BCUT2D eigenvalue weighted by atomic mass is 10.0. The summed E-state index contributed by atoms with van der Waals surface area (Å²) >= 11 is 0. The molecule has 0 N–H and O–H groups in total. The molecule has 2 nitrogen and oxygen atoms in total. The highest BCUT2D eigenvalue weighted by Crippen LogP contribution is 2.14. The molecular weight excluding hydrogens is 316 g/mol. The van der Waals surface area contributed by atoms with E-state index in [9.17, 15) is 0 Å². The minimum Gasteiger partial charge on any atom is -0.332 e. The summed E-state index contributed by atoms with van der Waals surface area (Å²) in [6.07, 6.45) is 25.8. The Balaban J connectivity index is 1.91.